The van der Waals surface area contributed by atoms with E-state index in [1.165, 1.54) is 7.05 Å². The highest BCUT2D eigenvalue weighted by Gasteiger charge is 2.12. The zero-order chi connectivity index (χ0) is 16.5. The van der Waals surface area contributed by atoms with E-state index in [-0.39, 0.29) is 18.6 Å². The summed E-state index contributed by atoms with van der Waals surface area (Å²) in [6.45, 7) is -0.571. The topological polar surface area (TPSA) is 102 Å². The molecule has 0 aromatic heterocycles. The molecule has 0 atom stereocenters. The van der Waals surface area contributed by atoms with Crippen LogP contribution in [0.15, 0.2) is 28.7 Å². The average Bonchev–Trinajstić information content (AvgIpc) is 2.51. The molecule has 118 valence electrons. The van der Waals surface area contributed by atoms with Crippen molar-refractivity contribution in [3.8, 4) is 0 Å². The van der Waals surface area contributed by atoms with E-state index in [0.717, 1.165) is 4.47 Å². The van der Waals surface area contributed by atoms with Crippen molar-refractivity contribution in [3.63, 3.8) is 0 Å². The van der Waals surface area contributed by atoms with E-state index in [2.05, 4.69) is 26.0 Å². The minimum absolute atomic E-state index is 0.0163. The Hall–Kier alpha value is -2.22. The minimum atomic E-state index is -0.744. The van der Waals surface area contributed by atoms with Crippen LogP contribution < -0.4 is 10.6 Å². The van der Waals surface area contributed by atoms with Gasteiger partial charge in [-0.05, 0) is 12.1 Å². The first-order valence-corrected chi connectivity index (χ1v) is 7.17. The van der Waals surface area contributed by atoms with Crippen molar-refractivity contribution in [3.05, 3.63) is 34.3 Å². The van der Waals surface area contributed by atoms with Crippen molar-refractivity contribution < 1.29 is 23.9 Å². The third-order valence-corrected chi connectivity index (χ3v) is 3.10. The number of halogens is 1. The maximum atomic E-state index is 11.8. The van der Waals surface area contributed by atoms with Crippen LogP contribution in [-0.4, -0.2) is 37.3 Å². The number of Topliss-reactive ketones (excluding diaryl/α,β-unsaturated/α-hetero) is 1. The number of hydrogen-bond acceptors (Lipinski definition) is 5. The zero-order valence-electron chi connectivity index (χ0n) is 11.8. The van der Waals surface area contributed by atoms with Gasteiger partial charge in [0.2, 0.25) is 0 Å². The van der Waals surface area contributed by atoms with Crippen LogP contribution in [-0.2, 0) is 14.3 Å². The lowest BCUT2D eigenvalue weighted by molar-refractivity contribution is -0.148. The lowest BCUT2D eigenvalue weighted by Gasteiger charge is -2.05. The van der Waals surface area contributed by atoms with Crippen molar-refractivity contribution in [1.29, 1.82) is 0 Å². The van der Waals surface area contributed by atoms with Crippen molar-refractivity contribution in [1.82, 2.24) is 10.6 Å². The standard InChI is InChI=1S/C14H15BrN2O5/c1-16-14(21)17-12(19)8-22-13(20)7-6-11(18)9-2-4-10(15)5-3-9/h2-5H,6-8H2,1H3,(H2,16,17,19,21). The Morgan fingerprint density at radius 2 is 1.73 bits per heavy atom. The van der Waals surface area contributed by atoms with E-state index in [1.807, 2.05) is 5.32 Å². The van der Waals surface area contributed by atoms with Crippen LogP contribution in [0.5, 0.6) is 0 Å². The van der Waals surface area contributed by atoms with Crippen molar-refractivity contribution in [2.45, 2.75) is 12.8 Å². The number of carbonyl (C=O) groups is 4. The number of nitrogens with one attached hydrogen (secondary N) is 2. The summed E-state index contributed by atoms with van der Waals surface area (Å²) in [6, 6.07) is 6.07. The van der Waals surface area contributed by atoms with Crippen LogP contribution in [0, 0.1) is 0 Å². The van der Waals surface area contributed by atoms with Crippen molar-refractivity contribution in [2.24, 2.45) is 0 Å². The number of imide groups is 1. The van der Waals surface area contributed by atoms with Crippen LogP contribution in [0.2, 0.25) is 0 Å². The maximum absolute atomic E-state index is 11.8. The first-order valence-electron chi connectivity index (χ1n) is 6.38. The van der Waals surface area contributed by atoms with Gasteiger partial charge in [-0.2, -0.15) is 0 Å². The molecule has 0 radical (unpaired) electrons. The summed E-state index contributed by atoms with van der Waals surface area (Å²) in [5.41, 5.74) is 0.494. The first kappa shape index (κ1) is 17.8. The summed E-state index contributed by atoms with van der Waals surface area (Å²) < 4.78 is 5.52. The summed E-state index contributed by atoms with van der Waals surface area (Å²) in [7, 11) is 1.35. The van der Waals surface area contributed by atoms with E-state index in [1.54, 1.807) is 24.3 Å². The predicted octanol–water partition coefficient (Wildman–Crippen LogP) is 1.41. The Kier molecular flexibility index (Phi) is 7.24. The van der Waals surface area contributed by atoms with E-state index in [4.69, 9.17) is 0 Å². The molecule has 22 heavy (non-hydrogen) atoms. The molecule has 1 rings (SSSR count). The van der Waals surface area contributed by atoms with Gasteiger partial charge in [-0.25, -0.2) is 4.79 Å². The fourth-order valence-electron chi connectivity index (χ4n) is 1.44. The van der Waals surface area contributed by atoms with E-state index < -0.39 is 24.5 Å². The number of ketones is 1. The van der Waals surface area contributed by atoms with Gasteiger partial charge >= 0.3 is 12.0 Å². The molecule has 0 aliphatic carbocycles. The highest BCUT2D eigenvalue weighted by molar-refractivity contribution is 9.10. The van der Waals surface area contributed by atoms with Crippen LogP contribution in [0.1, 0.15) is 23.2 Å². The predicted molar refractivity (Wildman–Crippen MR) is 81.3 cm³/mol. The van der Waals surface area contributed by atoms with Gasteiger partial charge in [-0.15, -0.1) is 0 Å². The highest BCUT2D eigenvalue weighted by atomic mass is 79.9. The number of carbonyl (C=O) groups excluding carboxylic acids is 4. The second-order valence-electron chi connectivity index (χ2n) is 4.22. The quantitative estimate of drug-likeness (QED) is 0.582. The van der Waals surface area contributed by atoms with Gasteiger partial charge in [-0.1, -0.05) is 28.1 Å². The second kappa shape index (κ2) is 8.93. The van der Waals surface area contributed by atoms with Crippen LogP contribution >= 0.6 is 15.9 Å². The molecule has 0 aliphatic rings. The molecule has 3 amide bonds. The minimum Gasteiger partial charge on any atom is -0.456 e. The molecular weight excluding hydrogens is 356 g/mol. The molecule has 0 heterocycles. The number of esters is 1. The summed E-state index contributed by atoms with van der Waals surface area (Å²) in [5.74, 6) is -1.62. The zero-order valence-corrected chi connectivity index (χ0v) is 13.4. The van der Waals surface area contributed by atoms with E-state index >= 15 is 0 Å². The molecule has 7 nitrogen and oxygen atoms in total. The fourth-order valence-corrected chi connectivity index (χ4v) is 1.70. The summed E-state index contributed by atoms with van der Waals surface area (Å²) in [4.78, 5) is 45.3. The second-order valence-corrected chi connectivity index (χ2v) is 5.13. The molecular formula is C14H15BrN2O5. The van der Waals surface area contributed by atoms with Gasteiger partial charge in [0.15, 0.2) is 12.4 Å². The molecule has 0 spiro atoms. The monoisotopic (exact) mass is 370 g/mol. The molecule has 0 saturated carbocycles. The number of ether oxygens (including phenoxy) is 1. The average molecular weight is 371 g/mol. The van der Waals surface area contributed by atoms with E-state index in [0.29, 0.717) is 5.56 Å². The molecule has 1 aromatic rings. The molecule has 0 bridgehead atoms. The number of hydrogen-bond donors (Lipinski definition) is 2. The number of rotatable bonds is 6. The van der Waals surface area contributed by atoms with Crippen LogP contribution in [0.25, 0.3) is 0 Å². The Morgan fingerprint density at radius 3 is 2.32 bits per heavy atom. The molecule has 2 N–H and O–H groups in total. The molecule has 1 aromatic carbocycles. The van der Waals surface area contributed by atoms with Gasteiger partial charge < -0.3 is 10.1 Å². The lowest BCUT2D eigenvalue weighted by atomic mass is 10.1. The summed E-state index contributed by atoms with van der Waals surface area (Å²) >= 11 is 3.26. The largest absolute Gasteiger partial charge is 0.456 e. The SMILES string of the molecule is CNC(=O)NC(=O)COC(=O)CCC(=O)c1ccc(Br)cc1. The molecule has 8 heteroatoms. The Bertz CT molecular complexity index is 571. The van der Waals surface area contributed by atoms with Gasteiger partial charge in [-0.3, -0.25) is 19.7 Å². The van der Waals surface area contributed by atoms with Gasteiger partial charge in [0.05, 0.1) is 6.42 Å². The highest BCUT2D eigenvalue weighted by Crippen LogP contribution is 2.12. The lowest BCUT2D eigenvalue weighted by Crippen LogP contribution is -2.39. The van der Waals surface area contributed by atoms with Crippen LogP contribution in [0.4, 0.5) is 4.79 Å². The third kappa shape index (κ3) is 6.49. The normalized spacial score (nSPS) is 9.73. The summed E-state index contributed by atoms with van der Waals surface area (Å²) in [5, 5.41) is 4.13. The van der Waals surface area contributed by atoms with Gasteiger partial charge in [0.1, 0.15) is 0 Å². The van der Waals surface area contributed by atoms with Crippen molar-refractivity contribution >= 4 is 39.6 Å². The first-order chi connectivity index (χ1) is 10.4. The molecule has 0 saturated heterocycles. The fraction of sp³-hybridized carbons (Fsp3) is 0.286. The van der Waals surface area contributed by atoms with Gasteiger partial charge in [0.25, 0.3) is 5.91 Å². The Labute approximate surface area is 135 Å². The van der Waals surface area contributed by atoms with Crippen molar-refractivity contribution in [2.75, 3.05) is 13.7 Å². The number of amides is 3. The number of urea groups is 1. The Morgan fingerprint density at radius 1 is 1.09 bits per heavy atom. The smallest absolute Gasteiger partial charge is 0.321 e. The maximum Gasteiger partial charge on any atom is 0.321 e. The number of benzene rings is 1. The van der Waals surface area contributed by atoms with Gasteiger partial charge in [0, 0.05) is 23.5 Å². The summed E-state index contributed by atoms with van der Waals surface area (Å²) in [6.07, 6.45) is -0.153. The third-order valence-electron chi connectivity index (χ3n) is 2.57. The molecule has 0 unspecified atom stereocenters. The molecule has 0 fully saturated rings. The Balaban J connectivity index is 2.31. The molecule has 0 aliphatic heterocycles. The van der Waals surface area contributed by atoms with E-state index in [9.17, 15) is 19.2 Å². The van der Waals surface area contributed by atoms with Crippen LogP contribution in [0.3, 0.4) is 0 Å².